The van der Waals surface area contributed by atoms with Crippen LogP contribution in [-0.4, -0.2) is 25.4 Å². The number of rotatable bonds is 5. The molecule has 0 aromatic heterocycles. The average Bonchev–Trinajstić information content (AvgIpc) is 2.75. The minimum atomic E-state index is -3.87. The molecule has 0 bridgehead atoms. The lowest BCUT2D eigenvalue weighted by atomic mass is 9.96. The normalized spacial score (nSPS) is 10.8. The van der Waals surface area contributed by atoms with Gasteiger partial charge in [0.1, 0.15) is 0 Å². The lowest BCUT2D eigenvalue weighted by Crippen LogP contribution is -2.14. The highest BCUT2D eigenvalue weighted by molar-refractivity contribution is 7.89. The number of hydrogen-bond acceptors (Lipinski definition) is 5. The van der Waals surface area contributed by atoms with E-state index in [4.69, 9.17) is 28.2 Å². The zero-order valence-corrected chi connectivity index (χ0v) is 18.6. The van der Waals surface area contributed by atoms with Crippen molar-refractivity contribution in [2.24, 2.45) is 10.9 Å². The van der Waals surface area contributed by atoms with Crippen molar-refractivity contribution in [2.75, 3.05) is 5.73 Å². The monoisotopic (exact) mass is 483 g/mol. The van der Waals surface area contributed by atoms with E-state index in [1.807, 2.05) is 0 Å². The summed E-state index contributed by atoms with van der Waals surface area (Å²) in [6, 6.07) is 13.4. The van der Waals surface area contributed by atoms with Crippen molar-refractivity contribution in [2.45, 2.75) is 11.3 Å². The fourth-order valence-electron chi connectivity index (χ4n) is 3.12. The van der Waals surface area contributed by atoms with Gasteiger partial charge in [-0.3, -0.25) is 4.79 Å². The number of nitrogen functional groups attached to an aromatic ring is 1. The van der Waals surface area contributed by atoms with Crippen LogP contribution in [0.1, 0.15) is 31.8 Å². The summed E-state index contributed by atoms with van der Waals surface area (Å²) in [5.41, 5.74) is 13.7. The second-order valence-electron chi connectivity index (χ2n) is 6.98. The number of carbonyl (C=O) groups is 2. The molecule has 0 aliphatic rings. The van der Waals surface area contributed by atoms with Crippen LogP contribution < -0.4 is 16.6 Å². The number of anilines is 1. The molecule has 10 heteroatoms. The maximum atomic E-state index is 11.9. The molecule has 3 aromatic carbocycles. The number of hydrogen-bond donors (Lipinski definition) is 4. The van der Waals surface area contributed by atoms with Crippen LogP contribution in [0.4, 0.5) is 5.69 Å². The van der Waals surface area contributed by atoms with E-state index < -0.39 is 21.9 Å². The molecule has 0 aliphatic carbocycles. The van der Waals surface area contributed by atoms with Gasteiger partial charge in [0.05, 0.1) is 26.7 Å². The Hall–Kier alpha value is -3.84. The summed E-state index contributed by atoms with van der Waals surface area (Å²) < 4.78 is 23.0. The topological polar surface area (TPSA) is 167 Å². The lowest BCUT2D eigenvalue weighted by Gasteiger charge is -2.11. The van der Waals surface area contributed by atoms with Gasteiger partial charge >= 0.3 is 5.97 Å². The highest BCUT2D eigenvalue weighted by atomic mass is 35.5. The molecule has 3 rings (SSSR count). The van der Waals surface area contributed by atoms with Crippen molar-refractivity contribution >= 4 is 39.2 Å². The molecule has 7 N–H and O–H groups in total. The number of amides is 1. The zero-order chi connectivity index (χ0) is 24.3. The number of carbonyl (C=O) groups excluding carboxylic acids is 1. The van der Waals surface area contributed by atoms with E-state index in [0.29, 0.717) is 22.3 Å². The summed E-state index contributed by atoms with van der Waals surface area (Å²) in [4.78, 5) is 23.1. The number of primary amides is 1. The van der Waals surface area contributed by atoms with Crippen LogP contribution >= 0.6 is 11.6 Å². The Balaban J connectivity index is 2.02. The van der Waals surface area contributed by atoms with Gasteiger partial charge in [-0.05, 0) is 41.5 Å². The Morgan fingerprint density at radius 3 is 2.27 bits per heavy atom. The first-order chi connectivity index (χ1) is 15.5. The summed E-state index contributed by atoms with van der Waals surface area (Å²) in [6.45, 7) is 0. The van der Waals surface area contributed by atoms with Crippen molar-refractivity contribution in [3.05, 3.63) is 81.9 Å². The first kappa shape index (κ1) is 23.8. The van der Waals surface area contributed by atoms with Crippen LogP contribution in [0.2, 0.25) is 5.02 Å². The predicted octanol–water partition coefficient (Wildman–Crippen LogP) is 2.63. The molecule has 168 valence electrons. The molecule has 0 saturated carbocycles. The van der Waals surface area contributed by atoms with Crippen LogP contribution in [0.5, 0.6) is 0 Å². The van der Waals surface area contributed by atoms with Gasteiger partial charge in [0.15, 0.2) is 0 Å². The van der Waals surface area contributed by atoms with Gasteiger partial charge in [0.25, 0.3) is 5.91 Å². The van der Waals surface area contributed by atoms with Crippen LogP contribution in [-0.2, 0) is 16.4 Å². The Bertz CT molecular complexity index is 1440. The molecular weight excluding hydrogens is 466 g/mol. The van der Waals surface area contributed by atoms with E-state index in [2.05, 4.69) is 11.8 Å². The zero-order valence-electron chi connectivity index (χ0n) is 17.0. The van der Waals surface area contributed by atoms with Gasteiger partial charge in [0, 0.05) is 17.5 Å². The number of sulfonamides is 1. The van der Waals surface area contributed by atoms with Gasteiger partial charge in [-0.15, -0.1) is 0 Å². The summed E-state index contributed by atoms with van der Waals surface area (Å²) >= 11 is 6.15. The lowest BCUT2D eigenvalue weighted by molar-refractivity contribution is 0.0696. The first-order valence-electron chi connectivity index (χ1n) is 9.35. The minimum absolute atomic E-state index is 0.0234. The molecule has 0 unspecified atom stereocenters. The number of carboxylic acid groups (broad SMARTS) is 1. The Morgan fingerprint density at radius 1 is 1.03 bits per heavy atom. The molecule has 33 heavy (non-hydrogen) atoms. The Morgan fingerprint density at radius 2 is 1.70 bits per heavy atom. The van der Waals surface area contributed by atoms with Gasteiger partial charge in [-0.25, -0.2) is 18.4 Å². The van der Waals surface area contributed by atoms with E-state index >= 15 is 0 Å². The fraction of sp³-hybridized carbons (Fsp3) is 0.0435. The van der Waals surface area contributed by atoms with Crippen LogP contribution in [0.15, 0.2) is 59.5 Å². The largest absolute Gasteiger partial charge is 0.478 e. The highest BCUT2D eigenvalue weighted by Gasteiger charge is 2.15. The highest BCUT2D eigenvalue weighted by Crippen LogP contribution is 2.31. The van der Waals surface area contributed by atoms with E-state index in [-0.39, 0.29) is 33.2 Å². The van der Waals surface area contributed by atoms with E-state index in [1.54, 1.807) is 18.2 Å². The summed E-state index contributed by atoms with van der Waals surface area (Å²) in [6.07, 6.45) is 0.161. The predicted molar refractivity (Wildman–Crippen MR) is 125 cm³/mol. The molecule has 0 saturated heterocycles. The first-order valence-corrected chi connectivity index (χ1v) is 11.3. The number of aromatic carboxylic acids is 1. The molecule has 0 radical (unpaired) electrons. The second-order valence-corrected chi connectivity index (χ2v) is 8.92. The maximum Gasteiger partial charge on any atom is 0.337 e. The van der Waals surface area contributed by atoms with Crippen molar-refractivity contribution in [3.63, 3.8) is 0 Å². The molecule has 0 fully saturated rings. The summed E-state index contributed by atoms with van der Waals surface area (Å²) in [5.74, 6) is 3.91. The quantitative estimate of drug-likeness (QED) is 0.321. The molecule has 0 spiro atoms. The standard InChI is InChI=1S/C23H18ClN3O5S/c24-20-15(5-2-6-17(20)23(29)30)4-1-3-13-11-18(21(25)19(12-13)22(26)28)14-7-9-16(10-8-14)33(27,31)32/h2,5-12H,4,25H2,(H2,26,28)(H,29,30)(H2,27,31,32). The van der Waals surface area contributed by atoms with Crippen LogP contribution in [0, 0.1) is 11.8 Å². The third-order valence-electron chi connectivity index (χ3n) is 4.76. The van der Waals surface area contributed by atoms with Crippen molar-refractivity contribution in [3.8, 4) is 23.0 Å². The molecule has 0 atom stereocenters. The van der Waals surface area contributed by atoms with Crippen molar-refractivity contribution in [1.29, 1.82) is 0 Å². The SMILES string of the molecule is NC(=O)c1cc(C#CCc2cccc(C(=O)O)c2Cl)cc(-c2ccc(S(N)(=O)=O)cc2)c1N. The van der Waals surface area contributed by atoms with Crippen molar-refractivity contribution in [1.82, 2.24) is 0 Å². The smallest absolute Gasteiger partial charge is 0.337 e. The molecule has 0 heterocycles. The number of halogens is 1. The molecule has 0 aliphatic heterocycles. The molecule has 8 nitrogen and oxygen atoms in total. The van der Waals surface area contributed by atoms with Gasteiger partial charge in [-0.2, -0.15) is 0 Å². The fourth-order valence-corrected chi connectivity index (χ4v) is 3.90. The molecule has 1 amide bonds. The number of primary sulfonamides is 1. The molecule has 3 aromatic rings. The van der Waals surface area contributed by atoms with Crippen LogP contribution in [0.3, 0.4) is 0 Å². The average molecular weight is 484 g/mol. The van der Waals surface area contributed by atoms with Gasteiger partial charge in [0.2, 0.25) is 10.0 Å². The third kappa shape index (κ3) is 5.32. The second kappa shape index (κ2) is 9.34. The number of benzene rings is 3. The maximum absolute atomic E-state index is 11.9. The van der Waals surface area contributed by atoms with E-state index in [9.17, 15) is 23.1 Å². The van der Waals surface area contributed by atoms with Crippen molar-refractivity contribution < 1.29 is 23.1 Å². The molecular formula is C23H18ClN3O5S. The number of nitrogens with two attached hydrogens (primary N) is 3. The van der Waals surface area contributed by atoms with E-state index in [0.717, 1.165) is 0 Å². The van der Waals surface area contributed by atoms with Gasteiger partial charge < -0.3 is 16.6 Å². The minimum Gasteiger partial charge on any atom is -0.478 e. The number of carboxylic acids is 1. The Kier molecular flexibility index (Phi) is 6.74. The third-order valence-corrected chi connectivity index (χ3v) is 6.14. The van der Waals surface area contributed by atoms with Crippen LogP contribution in [0.25, 0.3) is 11.1 Å². The Labute approximate surface area is 195 Å². The summed E-state index contributed by atoms with van der Waals surface area (Å²) in [5, 5.41) is 14.4. The van der Waals surface area contributed by atoms with Gasteiger partial charge in [-0.1, -0.05) is 47.7 Å². The van der Waals surface area contributed by atoms with E-state index in [1.165, 1.54) is 36.4 Å². The summed E-state index contributed by atoms with van der Waals surface area (Å²) in [7, 11) is -3.87.